The molecule has 37 heavy (non-hydrogen) atoms. The summed E-state index contributed by atoms with van der Waals surface area (Å²) in [6.07, 6.45) is 7.07. The topological polar surface area (TPSA) is 104 Å². The normalized spacial score (nSPS) is 25.3. The smallest absolute Gasteiger partial charge is 0.312 e. The van der Waals surface area contributed by atoms with Gasteiger partial charge in [-0.05, 0) is 37.8 Å². The largest absolute Gasteiger partial charge is 0.503 e. The molecule has 0 bridgehead atoms. The van der Waals surface area contributed by atoms with Crippen LogP contribution in [0.4, 0.5) is 0 Å². The second-order valence-corrected chi connectivity index (χ2v) is 10.1. The number of nitrogens with zero attached hydrogens (tertiary/aromatic N) is 1. The van der Waals surface area contributed by atoms with Crippen molar-refractivity contribution in [3.63, 3.8) is 0 Å². The molecule has 2 aliphatic rings. The van der Waals surface area contributed by atoms with Crippen molar-refractivity contribution in [2.75, 3.05) is 20.3 Å². The number of hydrogen-bond donors (Lipinski definition) is 1. The molecule has 1 aliphatic carbocycles. The van der Waals surface area contributed by atoms with E-state index in [0.29, 0.717) is 12.5 Å². The van der Waals surface area contributed by atoms with Crippen LogP contribution in [-0.2, 0) is 14.3 Å². The number of para-hydroxylation sites is 1. The highest BCUT2D eigenvalue weighted by Crippen LogP contribution is 2.36. The molecular formula is C29H37NO7. The van der Waals surface area contributed by atoms with Crippen LogP contribution in [0.2, 0.25) is 0 Å². The van der Waals surface area contributed by atoms with Gasteiger partial charge in [-0.3, -0.25) is 9.59 Å². The zero-order valence-electron chi connectivity index (χ0n) is 21.6. The second kappa shape index (κ2) is 12.9. The number of aromatic nitrogens is 1. The lowest BCUT2D eigenvalue weighted by Gasteiger charge is -2.35. The molecule has 8 nitrogen and oxygen atoms in total. The minimum atomic E-state index is -0.828. The second-order valence-electron chi connectivity index (χ2n) is 10.1. The molecule has 4 rings (SSSR count). The Hall–Kier alpha value is -3.13. The van der Waals surface area contributed by atoms with Crippen molar-refractivity contribution in [3.8, 4) is 17.2 Å². The fourth-order valence-corrected chi connectivity index (χ4v) is 5.46. The van der Waals surface area contributed by atoms with Gasteiger partial charge < -0.3 is 24.1 Å². The molecule has 1 aliphatic heterocycles. The van der Waals surface area contributed by atoms with E-state index in [-0.39, 0.29) is 42.2 Å². The SMILES string of the molecule is COc1ccnc(C(=O)C[C@H]2COCC[C@H](CC3CCCC3)[C@@H](Oc3ccccc3)[C@H](C)OC2=O)c1O. The van der Waals surface area contributed by atoms with E-state index in [9.17, 15) is 14.7 Å². The highest BCUT2D eigenvalue weighted by atomic mass is 16.6. The molecule has 0 unspecified atom stereocenters. The molecule has 0 spiro atoms. The number of Topliss-reactive ketones (excluding diaryl/α,β-unsaturated/α-hetero) is 1. The molecular weight excluding hydrogens is 474 g/mol. The molecule has 1 aromatic carbocycles. The molecule has 4 atom stereocenters. The van der Waals surface area contributed by atoms with Crippen LogP contribution in [0.1, 0.15) is 62.4 Å². The van der Waals surface area contributed by atoms with Crippen molar-refractivity contribution >= 4 is 11.8 Å². The zero-order chi connectivity index (χ0) is 26.2. The summed E-state index contributed by atoms with van der Waals surface area (Å²) in [5, 5.41) is 10.3. The molecule has 2 heterocycles. The first-order valence-electron chi connectivity index (χ1n) is 13.2. The summed E-state index contributed by atoms with van der Waals surface area (Å²) in [5.74, 6) is -0.487. The van der Waals surface area contributed by atoms with Gasteiger partial charge in [-0.2, -0.15) is 0 Å². The molecule has 1 saturated heterocycles. The Labute approximate surface area is 218 Å². The van der Waals surface area contributed by atoms with Gasteiger partial charge in [0.25, 0.3) is 0 Å². The fraction of sp³-hybridized carbons (Fsp3) is 0.552. The van der Waals surface area contributed by atoms with Crippen molar-refractivity contribution < 1.29 is 33.6 Å². The van der Waals surface area contributed by atoms with Crippen LogP contribution in [0.5, 0.6) is 17.2 Å². The number of ketones is 1. The molecule has 1 saturated carbocycles. The zero-order valence-corrected chi connectivity index (χ0v) is 21.6. The molecule has 200 valence electrons. The fourth-order valence-electron chi connectivity index (χ4n) is 5.46. The van der Waals surface area contributed by atoms with Gasteiger partial charge in [-0.25, -0.2) is 4.98 Å². The van der Waals surface area contributed by atoms with Crippen molar-refractivity contribution in [1.29, 1.82) is 0 Å². The number of rotatable bonds is 8. The lowest BCUT2D eigenvalue weighted by atomic mass is 9.85. The van der Waals surface area contributed by atoms with Crippen molar-refractivity contribution in [2.45, 2.75) is 64.1 Å². The van der Waals surface area contributed by atoms with E-state index in [0.717, 1.165) is 18.6 Å². The highest BCUT2D eigenvalue weighted by Gasteiger charge is 2.37. The van der Waals surface area contributed by atoms with Crippen molar-refractivity contribution in [3.05, 3.63) is 48.3 Å². The van der Waals surface area contributed by atoms with Gasteiger partial charge in [-0.1, -0.05) is 43.9 Å². The van der Waals surface area contributed by atoms with Gasteiger partial charge in [0.2, 0.25) is 0 Å². The van der Waals surface area contributed by atoms with Crippen LogP contribution >= 0.6 is 0 Å². The first-order valence-corrected chi connectivity index (χ1v) is 13.2. The molecule has 8 heteroatoms. The van der Waals surface area contributed by atoms with E-state index in [1.165, 1.54) is 45.1 Å². The molecule has 0 amide bonds. The summed E-state index contributed by atoms with van der Waals surface area (Å²) in [5.41, 5.74) is -0.140. The van der Waals surface area contributed by atoms with E-state index in [2.05, 4.69) is 4.98 Å². The van der Waals surface area contributed by atoms with E-state index in [1.54, 1.807) is 0 Å². The Morgan fingerprint density at radius 2 is 1.89 bits per heavy atom. The lowest BCUT2D eigenvalue weighted by Crippen LogP contribution is -2.43. The van der Waals surface area contributed by atoms with E-state index >= 15 is 0 Å². The number of benzene rings is 1. The minimum Gasteiger partial charge on any atom is -0.503 e. The average molecular weight is 512 g/mol. The quantitative estimate of drug-likeness (QED) is 0.391. The van der Waals surface area contributed by atoms with Gasteiger partial charge in [0, 0.05) is 31.2 Å². The number of aromatic hydroxyl groups is 1. The van der Waals surface area contributed by atoms with Crippen molar-refractivity contribution in [1.82, 2.24) is 4.98 Å². The van der Waals surface area contributed by atoms with Gasteiger partial charge >= 0.3 is 5.97 Å². The first kappa shape index (κ1) is 26.9. The Morgan fingerprint density at radius 1 is 1.14 bits per heavy atom. The van der Waals surface area contributed by atoms with E-state index in [1.807, 2.05) is 37.3 Å². The number of pyridine rings is 1. The average Bonchev–Trinajstić information content (AvgIpc) is 3.41. The molecule has 0 radical (unpaired) electrons. The molecule has 1 N–H and O–H groups in total. The molecule has 2 aromatic rings. The van der Waals surface area contributed by atoms with Crippen LogP contribution in [0.25, 0.3) is 0 Å². The van der Waals surface area contributed by atoms with Crippen LogP contribution in [0.15, 0.2) is 42.6 Å². The molecule has 2 fully saturated rings. The van der Waals surface area contributed by atoms with Gasteiger partial charge in [0.05, 0.1) is 19.6 Å². The number of hydrogen-bond acceptors (Lipinski definition) is 8. The summed E-state index contributed by atoms with van der Waals surface area (Å²) >= 11 is 0. The summed E-state index contributed by atoms with van der Waals surface area (Å²) < 4.78 is 23.4. The lowest BCUT2D eigenvalue weighted by molar-refractivity contribution is -0.164. The number of cyclic esters (lactones) is 1. The Morgan fingerprint density at radius 3 is 2.62 bits per heavy atom. The number of methoxy groups -OCH3 is 1. The van der Waals surface area contributed by atoms with Crippen LogP contribution < -0.4 is 9.47 Å². The highest BCUT2D eigenvalue weighted by molar-refractivity contribution is 5.99. The number of esters is 1. The third-order valence-corrected chi connectivity index (χ3v) is 7.44. The third-order valence-electron chi connectivity index (χ3n) is 7.44. The van der Waals surface area contributed by atoms with Gasteiger partial charge in [0.1, 0.15) is 18.0 Å². The number of ether oxygens (including phenoxy) is 4. The van der Waals surface area contributed by atoms with E-state index in [4.69, 9.17) is 18.9 Å². The summed E-state index contributed by atoms with van der Waals surface area (Å²) in [4.78, 5) is 30.2. The summed E-state index contributed by atoms with van der Waals surface area (Å²) in [6, 6.07) is 11.1. The van der Waals surface area contributed by atoms with Crippen molar-refractivity contribution in [2.24, 2.45) is 17.8 Å². The number of carbonyl (C=O) groups is 2. The monoisotopic (exact) mass is 511 g/mol. The van der Waals surface area contributed by atoms with Crippen LogP contribution in [-0.4, -0.2) is 54.4 Å². The maximum Gasteiger partial charge on any atom is 0.312 e. The minimum absolute atomic E-state index is 0.0579. The third kappa shape index (κ3) is 7.01. The Bertz CT molecular complexity index is 1040. The van der Waals surface area contributed by atoms with Crippen LogP contribution in [0, 0.1) is 17.8 Å². The summed E-state index contributed by atoms with van der Waals surface area (Å²) in [7, 11) is 1.39. The first-order chi connectivity index (χ1) is 18.0. The van der Waals surface area contributed by atoms with Gasteiger partial charge in [0.15, 0.2) is 23.0 Å². The van der Waals surface area contributed by atoms with Crippen LogP contribution in [0.3, 0.4) is 0 Å². The Kier molecular flexibility index (Phi) is 9.39. The number of carbonyl (C=O) groups excluding carboxylic acids is 2. The summed E-state index contributed by atoms with van der Waals surface area (Å²) in [6.45, 7) is 2.38. The Balaban J connectivity index is 1.50. The standard InChI is InChI=1S/C29H37NO7/c1-19-28(37-23-10-4-3-5-11-23)21(16-20-8-6-7-9-20)13-15-35-18-22(29(33)36-19)17-24(31)26-27(32)25(34-2)12-14-30-26/h3-5,10-12,14,19-22,28,32H,6-9,13,15-18H2,1-2H3/t19-,21+,22-,28-/m0/s1. The molecule has 1 aromatic heterocycles. The predicted octanol–water partition coefficient (Wildman–Crippen LogP) is 4.98. The van der Waals surface area contributed by atoms with E-state index < -0.39 is 23.8 Å². The maximum atomic E-state index is 13.2. The predicted molar refractivity (Wildman–Crippen MR) is 137 cm³/mol. The maximum absolute atomic E-state index is 13.2. The van der Waals surface area contributed by atoms with Gasteiger partial charge in [-0.15, -0.1) is 0 Å².